The molecule has 1 fully saturated rings. The number of nitrogens with one attached hydrogen (secondary N) is 1. The van der Waals surface area contributed by atoms with Gasteiger partial charge in [-0.1, -0.05) is 31.5 Å². The summed E-state index contributed by atoms with van der Waals surface area (Å²) in [6.07, 6.45) is 3.29. The van der Waals surface area contributed by atoms with Crippen LogP contribution in [0.15, 0.2) is 18.2 Å². The molecule has 0 aromatic heterocycles. The van der Waals surface area contributed by atoms with Crippen molar-refractivity contribution in [1.29, 1.82) is 0 Å². The average Bonchev–Trinajstić information content (AvgIpc) is 2.61. The summed E-state index contributed by atoms with van der Waals surface area (Å²) in [5, 5.41) is 3.73. The maximum Gasteiger partial charge on any atom is 0.251 e. The van der Waals surface area contributed by atoms with Crippen LogP contribution in [0.3, 0.4) is 0 Å². The molecule has 98 valence electrons. The molecule has 1 saturated carbocycles. The minimum atomic E-state index is -0.00213. The van der Waals surface area contributed by atoms with Gasteiger partial charge in [-0.15, -0.1) is 0 Å². The lowest BCUT2D eigenvalue weighted by Crippen LogP contribution is -2.33. The Balaban J connectivity index is 2.06. The molecule has 1 N–H and O–H groups in total. The topological polar surface area (TPSA) is 29.1 Å². The summed E-state index contributed by atoms with van der Waals surface area (Å²) in [7, 11) is 0. The molecule has 0 heterocycles. The van der Waals surface area contributed by atoms with Crippen LogP contribution in [0.25, 0.3) is 0 Å². The van der Waals surface area contributed by atoms with Crippen molar-refractivity contribution in [2.45, 2.75) is 46.1 Å². The van der Waals surface area contributed by atoms with E-state index in [0.29, 0.717) is 22.0 Å². The smallest absolute Gasteiger partial charge is 0.251 e. The normalized spacial score (nSPS) is 21.9. The maximum absolute atomic E-state index is 12.2. The largest absolute Gasteiger partial charge is 0.349 e. The van der Waals surface area contributed by atoms with Crippen LogP contribution in [0.5, 0.6) is 0 Å². The highest BCUT2D eigenvalue weighted by molar-refractivity contribution is 6.31. The fraction of sp³-hybridized carbons (Fsp3) is 0.533. The molecular weight excluding hydrogens is 246 g/mol. The average molecular weight is 266 g/mol. The van der Waals surface area contributed by atoms with Gasteiger partial charge in [-0.3, -0.25) is 4.79 Å². The third-order valence-corrected chi connectivity index (χ3v) is 3.98. The van der Waals surface area contributed by atoms with Crippen molar-refractivity contribution in [1.82, 2.24) is 5.32 Å². The predicted molar refractivity (Wildman–Crippen MR) is 75.1 cm³/mol. The molecule has 1 aliphatic carbocycles. The molecule has 18 heavy (non-hydrogen) atoms. The van der Waals surface area contributed by atoms with E-state index in [-0.39, 0.29) is 5.91 Å². The van der Waals surface area contributed by atoms with E-state index >= 15 is 0 Å². The van der Waals surface area contributed by atoms with E-state index in [0.717, 1.165) is 18.4 Å². The number of carbonyl (C=O) groups excluding carboxylic acids is 1. The summed E-state index contributed by atoms with van der Waals surface area (Å²) in [6, 6.07) is 5.74. The number of amides is 1. The van der Waals surface area contributed by atoms with Gasteiger partial charge in [-0.2, -0.15) is 0 Å². The summed E-state index contributed by atoms with van der Waals surface area (Å²) in [6.45, 7) is 6.44. The van der Waals surface area contributed by atoms with Gasteiger partial charge in [0.15, 0.2) is 0 Å². The van der Waals surface area contributed by atoms with Crippen LogP contribution in [0.1, 0.15) is 49.0 Å². The van der Waals surface area contributed by atoms with Crippen LogP contribution in [0, 0.1) is 12.3 Å². The van der Waals surface area contributed by atoms with E-state index in [1.807, 2.05) is 19.1 Å². The third kappa shape index (κ3) is 3.05. The molecular formula is C15H20ClNO. The molecule has 0 spiro atoms. The number of carbonyl (C=O) groups is 1. The molecule has 1 aliphatic rings. The summed E-state index contributed by atoms with van der Waals surface area (Å²) >= 11 is 5.94. The maximum atomic E-state index is 12.2. The first-order valence-corrected chi connectivity index (χ1v) is 6.82. The molecule has 1 unspecified atom stereocenters. The number of benzene rings is 1. The van der Waals surface area contributed by atoms with Crippen molar-refractivity contribution in [2.75, 3.05) is 0 Å². The molecule has 1 aromatic carbocycles. The molecule has 2 rings (SSSR count). The van der Waals surface area contributed by atoms with Crippen molar-refractivity contribution >= 4 is 17.5 Å². The number of rotatable bonds is 2. The Morgan fingerprint density at radius 2 is 2.17 bits per heavy atom. The van der Waals surface area contributed by atoms with E-state index in [1.165, 1.54) is 6.42 Å². The van der Waals surface area contributed by atoms with Crippen LogP contribution in [-0.4, -0.2) is 11.9 Å². The van der Waals surface area contributed by atoms with Crippen LogP contribution in [-0.2, 0) is 0 Å². The summed E-state index contributed by atoms with van der Waals surface area (Å²) in [4.78, 5) is 12.2. The van der Waals surface area contributed by atoms with Crippen LogP contribution in [0.4, 0.5) is 0 Å². The van der Waals surface area contributed by atoms with Gasteiger partial charge < -0.3 is 5.32 Å². The van der Waals surface area contributed by atoms with Crippen molar-refractivity contribution in [3.05, 3.63) is 34.3 Å². The third-order valence-electron chi connectivity index (χ3n) is 3.75. The van der Waals surface area contributed by atoms with Gasteiger partial charge in [0.2, 0.25) is 0 Å². The highest BCUT2D eigenvalue weighted by atomic mass is 35.5. The van der Waals surface area contributed by atoms with Crippen LogP contribution >= 0.6 is 11.6 Å². The Hall–Kier alpha value is -1.02. The lowest BCUT2D eigenvalue weighted by molar-refractivity contribution is 0.0935. The Bertz CT molecular complexity index is 468. The van der Waals surface area contributed by atoms with Gasteiger partial charge in [0.1, 0.15) is 0 Å². The lowest BCUT2D eigenvalue weighted by atomic mass is 9.92. The van der Waals surface area contributed by atoms with E-state index in [1.54, 1.807) is 6.07 Å². The minimum absolute atomic E-state index is 0.00213. The Morgan fingerprint density at radius 1 is 1.44 bits per heavy atom. The fourth-order valence-electron chi connectivity index (χ4n) is 2.66. The zero-order valence-corrected chi connectivity index (χ0v) is 12.0. The first-order valence-electron chi connectivity index (χ1n) is 6.44. The molecule has 2 nitrogen and oxygen atoms in total. The minimum Gasteiger partial charge on any atom is -0.349 e. The van der Waals surface area contributed by atoms with Gasteiger partial charge in [0, 0.05) is 16.6 Å². The fourth-order valence-corrected chi connectivity index (χ4v) is 2.83. The van der Waals surface area contributed by atoms with Gasteiger partial charge in [-0.05, 0) is 49.3 Å². The Morgan fingerprint density at radius 3 is 2.78 bits per heavy atom. The highest BCUT2D eigenvalue weighted by Gasteiger charge is 2.31. The Labute approximate surface area is 114 Å². The molecule has 1 amide bonds. The highest BCUT2D eigenvalue weighted by Crippen LogP contribution is 2.37. The summed E-state index contributed by atoms with van der Waals surface area (Å²) in [5.41, 5.74) is 2.00. The monoisotopic (exact) mass is 265 g/mol. The second-order valence-electron chi connectivity index (χ2n) is 6.04. The van der Waals surface area contributed by atoms with Gasteiger partial charge >= 0.3 is 0 Å². The number of hydrogen-bond acceptors (Lipinski definition) is 1. The molecule has 1 aromatic rings. The first kappa shape index (κ1) is 13.4. The second-order valence-corrected chi connectivity index (χ2v) is 6.47. The molecule has 0 saturated heterocycles. The van der Waals surface area contributed by atoms with E-state index in [4.69, 9.17) is 11.6 Å². The lowest BCUT2D eigenvalue weighted by Gasteiger charge is -2.18. The first-order chi connectivity index (χ1) is 8.37. The number of aryl methyl sites for hydroxylation is 1. The molecule has 0 bridgehead atoms. The van der Waals surface area contributed by atoms with Crippen LogP contribution < -0.4 is 5.32 Å². The van der Waals surface area contributed by atoms with Gasteiger partial charge in [-0.25, -0.2) is 0 Å². The molecule has 3 heteroatoms. The summed E-state index contributed by atoms with van der Waals surface area (Å²) in [5.74, 6) is -0.00213. The Kier molecular flexibility index (Phi) is 3.67. The van der Waals surface area contributed by atoms with Crippen molar-refractivity contribution in [3.8, 4) is 0 Å². The van der Waals surface area contributed by atoms with Crippen molar-refractivity contribution < 1.29 is 4.79 Å². The van der Waals surface area contributed by atoms with Gasteiger partial charge in [0.25, 0.3) is 5.91 Å². The number of hydrogen-bond donors (Lipinski definition) is 1. The molecule has 0 radical (unpaired) electrons. The molecule has 0 aliphatic heterocycles. The van der Waals surface area contributed by atoms with Gasteiger partial charge in [0.05, 0.1) is 0 Å². The zero-order chi connectivity index (χ0) is 13.3. The van der Waals surface area contributed by atoms with Crippen molar-refractivity contribution in [2.24, 2.45) is 5.41 Å². The predicted octanol–water partition coefficient (Wildman–Crippen LogP) is 3.96. The summed E-state index contributed by atoms with van der Waals surface area (Å²) < 4.78 is 0. The SMILES string of the molecule is Cc1ccc(Cl)cc1C(=O)NC1CCC(C)(C)C1. The second kappa shape index (κ2) is 4.93. The standard InChI is InChI=1S/C15H20ClNO/c1-10-4-5-11(16)8-13(10)14(18)17-12-6-7-15(2,3)9-12/h4-5,8,12H,6-7,9H2,1-3H3,(H,17,18). The molecule has 1 atom stereocenters. The van der Waals surface area contributed by atoms with Crippen LogP contribution in [0.2, 0.25) is 5.02 Å². The van der Waals surface area contributed by atoms with E-state index in [9.17, 15) is 4.79 Å². The number of halogens is 1. The quantitative estimate of drug-likeness (QED) is 0.862. The zero-order valence-electron chi connectivity index (χ0n) is 11.2. The van der Waals surface area contributed by atoms with E-state index < -0.39 is 0 Å². The van der Waals surface area contributed by atoms with E-state index in [2.05, 4.69) is 19.2 Å². The van der Waals surface area contributed by atoms with Crippen molar-refractivity contribution in [3.63, 3.8) is 0 Å².